The Labute approximate surface area is 393 Å². The van der Waals surface area contributed by atoms with Gasteiger partial charge < -0.3 is 14.2 Å². The van der Waals surface area contributed by atoms with E-state index in [4.69, 9.17) is 14.2 Å². The van der Waals surface area contributed by atoms with Crippen LogP contribution in [0.5, 0.6) is 0 Å². The highest BCUT2D eigenvalue weighted by molar-refractivity contribution is 5.71. The molecule has 63 heavy (non-hydrogen) atoms. The Kier molecular flexibility index (Phi) is 47.1. The third-order valence-electron chi connectivity index (χ3n) is 13.6. The molecule has 0 amide bonds. The van der Waals surface area contributed by atoms with Crippen LogP contribution in [-0.4, -0.2) is 37.2 Å². The summed E-state index contributed by atoms with van der Waals surface area (Å²) < 4.78 is 16.9. The van der Waals surface area contributed by atoms with Crippen molar-refractivity contribution in [3.63, 3.8) is 0 Å². The van der Waals surface area contributed by atoms with Crippen molar-refractivity contribution in [2.45, 2.75) is 317 Å². The molecule has 0 bridgehead atoms. The maximum atomic E-state index is 12.8. The van der Waals surface area contributed by atoms with Crippen LogP contribution in [0.15, 0.2) is 0 Å². The summed E-state index contributed by atoms with van der Waals surface area (Å²) in [5.41, 5.74) is 0. The highest BCUT2D eigenvalue weighted by atomic mass is 16.6. The summed E-state index contributed by atoms with van der Waals surface area (Å²) in [5, 5.41) is 0. The predicted octanol–water partition coefficient (Wildman–Crippen LogP) is 18.3. The van der Waals surface area contributed by atoms with E-state index in [0.717, 1.165) is 75.5 Å². The van der Waals surface area contributed by atoms with Gasteiger partial charge in [0, 0.05) is 19.3 Å². The van der Waals surface area contributed by atoms with Gasteiger partial charge in [-0.3, -0.25) is 14.4 Å². The van der Waals surface area contributed by atoms with Gasteiger partial charge in [0.2, 0.25) is 0 Å². The van der Waals surface area contributed by atoms with Gasteiger partial charge >= 0.3 is 17.9 Å². The van der Waals surface area contributed by atoms with Gasteiger partial charge in [-0.25, -0.2) is 0 Å². The minimum Gasteiger partial charge on any atom is -0.462 e. The lowest BCUT2D eigenvalue weighted by molar-refractivity contribution is -0.167. The number of hydrogen-bond acceptors (Lipinski definition) is 6. The van der Waals surface area contributed by atoms with Crippen LogP contribution in [0, 0.1) is 17.8 Å². The zero-order valence-corrected chi connectivity index (χ0v) is 43.4. The Morgan fingerprint density at radius 2 is 0.556 bits per heavy atom. The summed E-state index contributed by atoms with van der Waals surface area (Å²) >= 11 is 0. The number of carbonyl (C=O) groups excluding carboxylic acids is 3. The van der Waals surface area contributed by atoms with E-state index in [-0.39, 0.29) is 31.1 Å². The van der Waals surface area contributed by atoms with E-state index in [1.807, 2.05) is 0 Å². The van der Waals surface area contributed by atoms with Crippen LogP contribution in [0.2, 0.25) is 0 Å². The quantitative estimate of drug-likeness (QED) is 0.0344. The van der Waals surface area contributed by atoms with E-state index in [1.165, 1.54) is 193 Å². The Hall–Kier alpha value is -1.59. The van der Waals surface area contributed by atoms with E-state index in [1.54, 1.807) is 0 Å². The molecule has 0 aliphatic carbocycles. The first-order chi connectivity index (χ1) is 30.7. The normalized spacial score (nSPS) is 13.0. The van der Waals surface area contributed by atoms with Crippen molar-refractivity contribution in [3.05, 3.63) is 0 Å². The third-order valence-corrected chi connectivity index (χ3v) is 13.6. The van der Waals surface area contributed by atoms with Crippen molar-refractivity contribution in [1.82, 2.24) is 0 Å². The molecular formula is C57H110O6. The molecule has 0 aromatic rings. The molecule has 3 atom stereocenters. The molecule has 0 spiro atoms. The van der Waals surface area contributed by atoms with Crippen LogP contribution in [-0.2, 0) is 28.6 Å². The standard InChI is InChI=1S/C57H110O6/c1-7-52(5)44-38-32-26-20-13-11-9-10-12-14-24-30-36-42-48-57(60)63-54(49-61-55(58)46-40-34-28-22-17-15-19-25-31-37-43-51(3)4)50-62-56(59)47-41-35-29-23-18-16-21-27-33-39-45-53(6)8-2/h51-54H,7-50H2,1-6H3/t52?,53?,54-/m0/s1. The Morgan fingerprint density at radius 3 is 0.825 bits per heavy atom. The molecule has 0 aromatic heterocycles. The van der Waals surface area contributed by atoms with Crippen LogP contribution in [0.4, 0.5) is 0 Å². The number of hydrogen-bond donors (Lipinski definition) is 0. The molecule has 0 aliphatic rings. The maximum absolute atomic E-state index is 12.8. The second kappa shape index (κ2) is 48.3. The minimum absolute atomic E-state index is 0.0642. The summed E-state index contributed by atoms with van der Waals surface area (Å²) in [5.74, 6) is 1.74. The van der Waals surface area contributed by atoms with Gasteiger partial charge in [0.15, 0.2) is 6.10 Å². The SMILES string of the molecule is CCC(C)CCCCCCCCCCCCCCCCC(=O)O[C@@H](COC(=O)CCCCCCCCCCCCC(C)C)COC(=O)CCCCCCCCCCCCC(C)CC. The summed E-state index contributed by atoms with van der Waals surface area (Å²) in [6, 6.07) is 0. The van der Waals surface area contributed by atoms with Gasteiger partial charge in [0.05, 0.1) is 0 Å². The van der Waals surface area contributed by atoms with Gasteiger partial charge in [0.25, 0.3) is 0 Å². The van der Waals surface area contributed by atoms with Crippen molar-refractivity contribution in [2.75, 3.05) is 13.2 Å². The number of rotatable bonds is 50. The van der Waals surface area contributed by atoms with E-state index < -0.39 is 6.10 Å². The van der Waals surface area contributed by atoms with Crippen molar-refractivity contribution in [3.8, 4) is 0 Å². The monoisotopic (exact) mass is 891 g/mol. The summed E-state index contributed by atoms with van der Waals surface area (Å²) in [4.78, 5) is 38.1. The fourth-order valence-electron chi connectivity index (χ4n) is 8.58. The Bertz CT molecular complexity index is 980. The maximum Gasteiger partial charge on any atom is 0.306 e. The summed E-state index contributed by atoms with van der Waals surface area (Å²) in [6.45, 7) is 13.8. The molecule has 0 heterocycles. The molecule has 0 rings (SSSR count). The Morgan fingerprint density at radius 1 is 0.317 bits per heavy atom. The first-order valence-corrected chi connectivity index (χ1v) is 28.2. The van der Waals surface area contributed by atoms with Crippen LogP contribution in [0.25, 0.3) is 0 Å². The van der Waals surface area contributed by atoms with Gasteiger partial charge in [0.1, 0.15) is 13.2 Å². The summed E-state index contributed by atoms with van der Waals surface area (Å²) in [6.07, 6.45) is 49.3. The lowest BCUT2D eigenvalue weighted by Gasteiger charge is -2.18. The van der Waals surface area contributed by atoms with Gasteiger partial charge in [-0.2, -0.15) is 0 Å². The second-order valence-electron chi connectivity index (χ2n) is 20.5. The van der Waals surface area contributed by atoms with Gasteiger partial charge in [-0.05, 0) is 37.0 Å². The molecule has 0 fully saturated rings. The zero-order valence-electron chi connectivity index (χ0n) is 43.4. The van der Waals surface area contributed by atoms with E-state index in [2.05, 4.69) is 41.5 Å². The molecule has 2 unspecified atom stereocenters. The second-order valence-corrected chi connectivity index (χ2v) is 20.5. The first-order valence-electron chi connectivity index (χ1n) is 28.2. The Balaban J connectivity index is 4.32. The van der Waals surface area contributed by atoms with Crippen molar-refractivity contribution in [2.24, 2.45) is 17.8 Å². The molecular weight excluding hydrogens is 781 g/mol. The summed E-state index contributed by atoms with van der Waals surface area (Å²) in [7, 11) is 0. The minimum atomic E-state index is -0.763. The van der Waals surface area contributed by atoms with E-state index in [9.17, 15) is 14.4 Å². The molecule has 6 heteroatoms. The number of unbranched alkanes of at least 4 members (excludes halogenated alkanes) is 31. The van der Waals surface area contributed by atoms with Gasteiger partial charge in [-0.15, -0.1) is 0 Å². The molecule has 0 saturated carbocycles. The fraction of sp³-hybridized carbons (Fsp3) is 0.947. The average Bonchev–Trinajstić information content (AvgIpc) is 3.27. The fourth-order valence-corrected chi connectivity index (χ4v) is 8.58. The molecule has 0 saturated heterocycles. The molecule has 374 valence electrons. The number of esters is 3. The van der Waals surface area contributed by atoms with Crippen LogP contribution >= 0.6 is 0 Å². The van der Waals surface area contributed by atoms with Crippen molar-refractivity contribution in [1.29, 1.82) is 0 Å². The first kappa shape index (κ1) is 61.4. The highest BCUT2D eigenvalue weighted by Gasteiger charge is 2.19. The lowest BCUT2D eigenvalue weighted by Crippen LogP contribution is -2.30. The molecule has 0 aromatic carbocycles. The highest BCUT2D eigenvalue weighted by Crippen LogP contribution is 2.19. The predicted molar refractivity (Wildman–Crippen MR) is 270 cm³/mol. The molecule has 6 nitrogen and oxygen atoms in total. The van der Waals surface area contributed by atoms with Gasteiger partial charge in [-0.1, -0.05) is 273 Å². The van der Waals surface area contributed by atoms with Crippen LogP contribution < -0.4 is 0 Å². The lowest BCUT2D eigenvalue weighted by atomic mass is 9.99. The van der Waals surface area contributed by atoms with E-state index in [0.29, 0.717) is 19.3 Å². The van der Waals surface area contributed by atoms with Crippen LogP contribution in [0.3, 0.4) is 0 Å². The van der Waals surface area contributed by atoms with E-state index >= 15 is 0 Å². The smallest absolute Gasteiger partial charge is 0.306 e. The average molecular weight is 892 g/mol. The molecule has 0 radical (unpaired) electrons. The van der Waals surface area contributed by atoms with Crippen molar-refractivity contribution >= 4 is 17.9 Å². The van der Waals surface area contributed by atoms with Crippen molar-refractivity contribution < 1.29 is 28.6 Å². The molecule has 0 N–H and O–H groups in total. The topological polar surface area (TPSA) is 78.9 Å². The third kappa shape index (κ3) is 48.2. The zero-order chi connectivity index (χ0) is 46.3. The largest absolute Gasteiger partial charge is 0.462 e. The molecule has 0 aliphatic heterocycles. The number of carbonyl (C=O) groups is 3. The van der Waals surface area contributed by atoms with Crippen LogP contribution in [0.1, 0.15) is 311 Å². The number of ether oxygens (including phenoxy) is 3.